The summed E-state index contributed by atoms with van der Waals surface area (Å²) in [6.07, 6.45) is 3.92. The van der Waals surface area contributed by atoms with Gasteiger partial charge in [-0.15, -0.1) is 11.3 Å². The number of hydrogen-bond acceptors (Lipinski definition) is 7. The third-order valence-electron chi connectivity index (χ3n) is 5.82. The lowest BCUT2D eigenvalue weighted by Crippen LogP contribution is -2.37. The average Bonchev–Trinajstić information content (AvgIpc) is 3.55. The number of rotatable bonds is 5. The number of hydrogen-bond donors (Lipinski definition) is 0. The number of aromatic nitrogens is 5. The molecule has 1 aliphatic rings. The molecule has 5 aromatic rings. The smallest absolute Gasteiger partial charge is 0.194 e. The van der Waals surface area contributed by atoms with E-state index in [1.807, 2.05) is 53.5 Å². The van der Waals surface area contributed by atoms with Crippen molar-refractivity contribution in [3.63, 3.8) is 0 Å². The van der Waals surface area contributed by atoms with Crippen molar-refractivity contribution in [1.29, 1.82) is 0 Å². The molecule has 0 N–H and O–H groups in total. The molecule has 4 aromatic heterocycles. The molecule has 6 rings (SSSR count). The number of nitrogens with zero attached hydrogens (tertiary/aromatic N) is 7. The first-order chi connectivity index (χ1) is 16.3. The average molecular weight is 458 g/mol. The SMILES string of the molecule is Cc1nc2sccn2c1C=NCc1cc(N2CCOCC2)n2nc(-c3ccccc3)cc2n1. The van der Waals surface area contributed by atoms with Gasteiger partial charge in [-0.05, 0) is 6.92 Å². The Morgan fingerprint density at radius 2 is 1.97 bits per heavy atom. The third-order valence-corrected chi connectivity index (χ3v) is 6.57. The maximum atomic E-state index is 5.57. The predicted molar refractivity (Wildman–Crippen MR) is 131 cm³/mol. The predicted octanol–water partition coefficient (Wildman–Crippen LogP) is 3.87. The molecule has 0 aliphatic carbocycles. The molecule has 0 atom stereocenters. The van der Waals surface area contributed by atoms with E-state index in [-0.39, 0.29) is 0 Å². The van der Waals surface area contributed by atoms with Crippen LogP contribution in [0.5, 0.6) is 0 Å². The standard InChI is InChI=1S/C24H23N7OS/c1-17-21(30-9-12-33-24(30)26-17)16-25-15-19-13-23(29-7-10-32-11-8-29)31-22(27-19)14-20(28-31)18-5-3-2-4-6-18/h2-6,9,12-14,16H,7-8,10-11,15H2,1H3. The van der Waals surface area contributed by atoms with Crippen molar-refractivity contribution in [2.24, 2.45) is 4.99 Å². The molecule has 1 aromatic carbocycles. The Labute approximate surface area is 194 Å². The minimum atomic E-state index is 0.483. The summed E-state index contributed by atoms with van der Waals surface area (Å²) in [5.74, 6) is 1.02. The van der Waals surface area contributed by atoms with Gasteiger partial charge >= 0.3 is 0 Å². The van der Waals surface area contributed by atoms with E-state index < -0.39 is 0 Å². The van der Waals surface area contributed by atoms with E-state index >= 15 is 0 Å². The zero-order valence-corrected chi connectivity index (χ0v) is 19.1. The highest BCUT2D eigenvalue weighted by Crippen LogP contribution is 2.24. The zero-order chi connectivity index (χ0) is 22.2. The molecule has 0 radical (unpaired) electrons. The first-order valence-electron chi connectivity index (χ1n) is 11.0. The van der Waals surface area contributed by atoms with Gasteiger partial charge < -0.3 is 9.64 Å². The van der Waals surface area contributed by atoms with Crippen LogP contribution < -0.4 is 4.90 Å². The first-order valence-corrected chi connectivity index (χ1v) is 11.8. The fourth-order valence-electron chi connectivity index (χ4n) is 4.15. The van der Waals surface area contributed by atoms with Gasteiger partial charge in [0.2, 0.25) is 0 Å². The maximum Gasteiger partial charge on any atom is 0.194 e. The molecule has 0 saturated carbocycles. The molecule has 5 heterocycles. The van der Waals surface area contributed by atoms with Gasteiger partial charge in [0, 0.05) is 48.6 Å². The van der Waals surface area contributed by atoms with Gasteiger partial charge in [-0.2, -0.15) is 9.61 Å². The van der Waals surface area contributed by atoms with Gasteiger partial charge in [-0.1, -0.05) is 30.3 Å². The van der Waals surface area contributed by atoms with E-state index in [0.717, 1.165) is 57.9 Å². The van der Waals surface area contributed by atoms with Crippen LogP contribution in [-0.2, 0) is 11.3 Å². The van der Waals surface area contributed by atoms with Gasteiger partial charge in [0.1, 0.15) is 5.82 Å². The molecular weight excluding hydrogens is 434 g/mol. The number of fused-ring (bicyclic) bond motifs is 2. The van der Waals surface area contributed by atoms with Crippen LogP contribution in [0.15, 0.2) is 59.0 Å². The number of ether oxygens (including phenoxy) is 1. The van der Waals surface area contributed by atoms with Crippen molar-refractivity contribution in [3.8, 4) is 11.3 Å². The van der Waals surface area contributed by atoms with Crippen molar-refractivity contribution < 1.29 is 4.74 Å². The Kier molecular flexibility index (Phi) is 5.12. The van der Waals surface area contributed by atoms with Crippen molar-refractivity contribution >= 4 is 34.0 Å². The second kappa shape index (κ2) is 8.42. The minimum absolute atomic E-state index is 0.483. The van der Waals surface area contributed by atoms with Crippen LogP contribution in [0.4, 0.5) is 5.82 Å². The molecule has 166 valence electrons. The largest absolute Gasteiger partial charge is 0.378 e. The van der Waals surface area contributed by atoms with E-state index in [1.54, 1.807) is 11.3 Å². The quantitative estimate of drug-likeness (QED) is 0.375. The summed E-state index contributed by atoms with van der Waals surface area (Å²) in [4.78, 5) is 17.5. The van der Waals surface area contributed by atoms with Gasteiger partial charge in [0.05, 0.1) is 42.5 Å². The summed E-state index contributed by atoms with van der Waals surface area (Å²) in [7, 11) is 0. The first kappa shape index (κ1) is 20.1. The Morgan fingerprint density at radius 3 is 2.82 bits per heavy atom. The summed E-state index contributed by atoms with van der Waals surface area (Å²) in [6, 6.07) is 14.3. The van der Waals surface area contributed by atoms with E-state index in [9.17, 15) is 0 Å². The molecule has 9 heteroatoms. The topological polar surface area (TPSA) is 72.3 Å². The van der Waals surface area contributed by atoms with E-state index in [1.165, 1.54) is 0 Å². The fraction of sp³-hybridized carbons (Fsp3) is 0.250. The Hall–Kier alpha value is -3.56. The van der Waals surface area contributed by atoms with Gasteiger partial charge in [0.15, 0.2) is 10.6 Å². The number of aryl methyl sites for hydroxylation is 1. The molecule has 0 amide bonds. The second-order valence-electron chi connectivity index (χ2n) is 7.98. The lowest BCUT2D eigenvalue weighted by Gasteiger charge is -2.29. The van der Waals surface area contributed by atoms with Crippen LogP contribution in [0.25, 0.3) is 21.9 Å². The Morgan fingerprint density at radius 1 is 1.12 bits per heavy atom. The van der Waals surface area contributed by atoms with Crippen molar-refractivity contribution in [2.45, 2.75) is 13.5 Å². The number of anilines is 1. The number of aliphatic imine (C=N–C) groups is 1. The van der Waals surface area contributed by atoms with E-state index in [0.29, 0.717) is 19.8 Å². The zero-order valence-electron chi connectivity index (χ0n) is 18.3. The molecule has 33 heavy (non-hydrogen) atoms. The van der Waals surface area contributed by atoms with E-state index in [2.05, 4.69) is 32.5 Å². The van der Waals surface area contributed by atoms with Crippen molar-refractivity contribution in [3.05, 3.63) is 71.1 Å². The lowest BCUT2D eigenvalue weighted by molar-refractivity contribution is 0.122. The molecule has 1 fully saturated rings. The summed E-state index contributed by atoms with van der Waals surface area (Å²) in [6.45, 7) is 5.57. The Balaban J connectivity index is 1.37. The van der Waals surface area contributed by atoms with Crippen LogP contribution in [0.1, 0.15) is 17.1 Å². The molecule has 0 spiro atoms. The van der Waals surface area contributed by atoms with Gasteiger partial charge in [-0.3, -0.25) is 9.39 Å². The molecule has 0 unspecified atom stereocenters. The molecule has 8 nitrogen and oxygen atoms in total. The number of morpholine rings is 1. The normalized spacial score (nSPS) is 14.8. The minimum Gasteiger partial charge on any atom is -0.378 e. The molecular formula is C24H23N7OS. The maximum absolute atomic E-state index is 5.57. The molecule has 1 aliphatic heterocycles. The lowest BCUT2D eigenvalue weighted by atomic mass is 10.2. The van der Waals surface area contributed by atoms with Crippen LogP contribution in [0.3, 0.4) is 0 Å². The Bertz CT molecular complexity index is 1440. The number of imidazole rings is 1. The van der Waals surface area contributed by atoms with E-state index in [4.69, 9.17) is 19.8 Å². The number of thiazole rings is 1. The van der Waals surface area contributed by atoms with Crippen LogP contribution in [-0.4, -0.2) is 56.5 Å². The third kappa shape index (κ3) is 3.79. The monoisotopic (exact) mass is 457 g/mol. The molecule has 1 saturated heterocycles. The van der Waals surface area contributed by atoms with Crippen molar-refractivity contribution in [2.75, 3.05) is 31.2 Å². The highest BCUT2D eigenvalue weighted by Gasteiger charge is 2.18. The highest BCUT2D eigenvalue weighted by molar-refractivity contribution is 7.15. The highest BCUT2D eigenvalue weighted by atomic mass is 32.1. The van der Waals surface area contributed by atoms with Crippen LogP contribution in [0, 0.1) is 6.92 Å². The second-order valence-corrected chi connectivity index (χ2v) is 8.85. The van der Waals surface area contributed by atoms with Gasteiger partial charge in [0.25, 0.3) is 0 Å². The molecule has 0 bridgehead atoms. The number of benzene rings is 1. The summed E-state index contributed by atoms with van der Waals surface area (Å²) < 4.78 is 9.58. The summed E-state index contributed by atoms with van der Waals surface area (Å²) in [5.41, 5.74) is 5.70. The fourth-order valence-corrected chi connectivity index (χ4v) is 4.92. The van der Waals surface area contributed by atoms with Crippen LogP contribution >= 0.6 is 11.3 Å². The van der Waals surface area contributed by atoms with Gasteiger partial charge in [-0.25, -0.2) is 9.97 Å². The summed E-state index contributed by atoms with van der Waals surface area (Å²) in [5, 5.41) is 6.92. The van der Waals surface area contributed by atoms with Crippen LogP contribution in [0.2, 0.25) is 0 Å². The summed E-state index contributed by atoms with van der Waals surface area (Å²) >= 11 is 1.62. The van der Waals surface area contributed by atoms with Crippen molar-refractivity contribution in [1.82, 2.24) is 24.0 Å².